The monoisotopic (exact) mass is 342 g/mol. The highest BCUT2D eigenvalue weighted by atomic mass is 16.6. The summed E-state index contributed by atoms with van der Waals surface area (Å²) in [6, 6.07) is 14.3. The Hall–Kier alpha value is -2.44. The summed E-state index contributed by atoms with van der Waals surface area (Å²) in [5, 5.41) is 21.5. The van der Waals surface area contributed by atoms with Gasteiger partial charge in [0.05, 0.1) is 18.1 Å². The van der Waals surface area contributed by atoms with Gasteiger partial charge in [0, 0.05) is 30.3 Å². The van der Waals surface area contributed by atoms with E-state index in [1.54, 1.807) is 19.2 Å². The van der Waals surface area contributed by atoms with Crippen molar-refractivity contribution in [2.75, 3.05) is 20.2 Å². The number of non-ortho nitro benzene ring substituents is 1. The molecular weight excluding hydrogens is 320 g/mol. The van der Waals surface area contributed by atoms with Crippen molar-refractivity contribution in [2.45, 2.75) is 25.0 Å². The van der Waals surface area contributed by atoms with Gasteiger partial charge in [-0.2, -0.15) is 0 Å². The van der Waals surface area contributed by atoms with Crippen LogP contribution in [0.1, 0.15) is 36.1 Å². The minimum Gasteiger partial charge on any atom is -0.496 e. The van der Waals surface area contributed by atoms with Crippen molar-refractivity contribution in [3.05, 3.63) is 69.8 Å². The quantitative estimate of drug-likeness (QED) is 0.642. The molecule has 132 valence electrons. The van der Waals surface area contributed by atoms with Crippen LogP contribution in [0, 0.1) is 10.1 Å². The van der Waals surface area contributed by atoms with E-state index in [9.17, 15) is 15.2 Å². The van der Waals surface area contributed by atoms with Gasteiger partial charge in [0.2, 0.25) is 0 Å². The first-order chi connectivity index (χ1) is 12.1. The Kier molecular flexibility index (Phi) is 5.31. The second-order valence-electron chi connectivity index (χ2n) is 6.26. The second kappa shape index (κ2) is 7.63. The number of hydrogen-bond donors (Lipinski definition) is 1. The minimum absolute atomic E-state index is 0.000694. The average Bonchev–Trinajstić information content (AvgIpc) is 3.09. The Balaban J connectivity index is 1.77. The van der Waals surface area contributed by atoms with Gasteiger partial charge in [-0.25, -0.2) is 0 Å². The molecule has 6 heteroatoms. The van der Waals surface area contributed by atoms with Crippen LogP contribution in [0.15, 0.2) is 48.5 Å². The zero-order valence-electron chi connectivity index (χ0n) is 14.2. The van der Waals surface area contributed by atoms with Gasteiger partial charge in [0.15, 0.2) is 0 Å². The lowest BCUT2D eigenvalue weighted by molar-refractivity contribution is -0.385. The number of nitro groups is 1. The number of rotatable bonds is 6. The third-order valence-electron chi connectivity index (χ3n) is 4.73. The van der Waals surface area contributed by atoms with Crippen LogP contribution in [0.5, 0.6) is 5.75 Å². The summed E-state index contributed by atoms with van der Waals surface area (Å²) in [5.74, 6) is 0.851. The molecule has 0 amide bonds. The molecule has 2 aromatic carbocycles. The molecule has 3 rings (SSSR count). The Morgan fingerprint density at radius 3 is 2.88 bits per heavy atom. The van der Waals surface area contributed by atoms with E-state index in [-0.39, 0.29) is 11.7 Å². The fraction of sp³-hybridized carbons (Fsp3) is 0.368. The van der Waals surface area contributed by atoms with E-state index in [0.717, 1.165) is 30.7 Å². The van der Waals surface area contributed by atoms with Gasteiger partial charge < -0.3 is 9.84 Å². The Bertz CT molecular complexity index is 750. The molecule has 2 aromatic rings. The standard InChI is InChI=1S/C19H22N2O4/c1-25-19-10-3-2-8-16(19)17-9-5-11-20(17)13-18(22)14-6-4-7-15(12-14)21(23)24/h2-4,6-8,10,12,17-18,22H,5,9,11,13H2,1H3. The highest BCUT2D eigenvalue weighted by Crippen LogP contribution is 2.37. The number of nitro benzene ring substituents is 1. The van der Waals surface area contributed by atoms with E-state index in [1.807, 2.05) is 18.2 Å². The summed E-state index contributed by atoms with van der Waals surface area (Å²) in [6.07, 6.45) is 1.28. The molecule has 2 unspecified atom stereocenters. The number of likely N-dealkylation sites (tertiary alicyclic amines) is 1. The smallest absolute Gasteiger partial charge is 0.269 e. The number of hydrogen-bond acceptors (Lipinski definition) is 5. The van der Waals surface area contributed by atoms with Gasteiger partial charge in [0.25, 0.3) is 5.69 Å². The van der Waals surface area contributed by atoms with Crippen molar-refractivity contribution in [1.82, 2.24) is 4.90 Å². The number of aliphatic hydroxyl groups excluding tert-OH is 1. The molecule has 1 N–H and O–H groups in total. The molecule has 0 saturated carbocycles. The summed E-state index contributed by atoms with van der Waals surface area (Å²) in [5.41, 5.74) is 1.69. The summed E-state index contributed by atoms with van der Waals surface area (Å²) in [4.78, 5) is 12.7. The predicted molar refractivity (Wildman–Crippen MR) is 94.6 cm³/mol. The fourth-order valence-corrected chi connectivity index (χ4v) is 3.51. The lowest BCUT2D eigenvalue weighted by Crippen LogP contribution is -2.28. The van der Waals surface area contributed by atoms with Crippen molar-refractivity contribution in [3.63, 3.8) is 0 Å². The first kappa shape index (κ1) is 17.4. The van der Waals surface area contributed by atoms with Crippen LogP contribution >= 0.6 is 0 Å². The average molecular weight is 342 g/mol. The van der Waals surface area contributed by atoms with Crippen molar-refractivity contribution in [1.29, 1.82) is 0 Å². The van der Waals surface area contributed by atoms with E-state index in [4.69, 9.17) is 4.74 Å². The number of β-amino-alcohol motifs (C(OH)–C–C–N with tert-alkyl or cyclic N) is 1. The zero-order chi connectivity index (χ0) is 17.8. The van der Waals surface area contributed by atoms with Crippen molar-refractivity contribution in [3.8, 4) is 5.75 Å². The fourth-order valence-electron chi connectivity index (χ4n) is 3.51. The molecule has 1 heterocycles. The Labute approximate surface area is 146 Å². The summed E-state index contributed by atoms with van der Waals surface area (Å²) >= 11 is 0. The lowest BCUT2D eigenvalue weighted by Gasteiger charge is -2.28. The SMILES string of the molecule is COc1ccccc1C1CCCN1CC(O)c1cccc([N+](=O)[O-])c1. The molecule has 2 atom stereocenters. The van der Waals surface area contributed by atoms with Gasteiger partial charge in [0.1, 0.15) is 5.75 Å². The topological polar surface area (TPSA) is 75.8 Å². The number of ether oxygens (including phenoxy) is 1. The van der Waals surface area contributed by atoms with Gasteiger partial charge in [-0.15, -0.1) is 0 Å². The van der Waals surface area contributed by atoms with Gasteiger partial charge >= 0.3 is 0 Å². The molecule has 0 aromatic heterocycles. The van der Waals surface area contributed by atoms with Crippen LogP contribution in [0.2, 0.25) is 0 Å². The third-order valence-corrected chi connectivity index (χ3v) is 4.73. The number of nitrogens with zero attached hydrogens (tertiary/aromatic N) is 2. The molecule has 25 heavy (non-hydrogen) atoms. The van der Waals surface area contributed by atoms with Crippen LogP contribution in [0.4, 0.5) is 5.69 Å². The predicted octanol–water partition coefficient (Wildman–Crippen LogP) is 3.47. The highest BCUT2D eigenvalue weighted by molar-refractivity contribution is 5.37. The summed E-state index contributed by atoms with van der Waals surface area (Å²) in [7, 11) is 1.66. The maximum absolute atomic E-state index is 10.9. The largest absolute Gasteiger partial charge is 0.496 e. The Morgan fingerprint density at radius 1 is 1.32 bits per heavy atom. The summed E-state index contributed by atoms with van der Waals surface area (Å²) < 4.78 is 5.47. The number of benzene rings is 2. The molecule has 1 aliphatic heterocycles. The molecule has 0 radical (unpaired) electrons. The lowest BCUT2D eigenvalue weighted by atomic mass is 10.0. The molecule has 0 spiro atoms. The van der Waals surface area contributed by atoms with Gasteiger partial charge in [-0.05, 0) is 31.0 Å². The van der Waals surface area contributed by atoms with Gasteiger partial charge in [-0.3, -0.25) is 15.0 Å². The van der Waals surface area contributed by atoms with E-state index in [1.165, 1.54) is 12.1 Å². The molecule has 1 aliphatic rings. The first-order valence-electron chi connectivity index (χ1n) is 8.39. The van der Waals surface area contributed by atoms with E-state index < -0.39 is 11.0 Å². The molecule has 0 bridgehead atoms. The molecule has 1 saturated heterocycles. The number of methoxy groups -OCH3 is 1. The van der Waals surface area contributed by atoms with Crippen LogP contribution in [-0.2, 0) is 0 Å². The third kappa shape index (κ3) is 3.81. The van der Waals surface area contributed by atoms with Crippen molar-refractivity contribution in [2.24, 2.45) is 0 Å². The molecule has 0 aliphatic carbocycles. The Morgan fingerprint density at radius 2 is 2.12 bits per heavy atom. The van der Waals surface area contributed by atoms with E-state index in [2.05, 4.69) is 11.0 Å². The molecular formula is C19H22N2O4. The second-order valence-corrected chi connectivity index (χ2v) is 6.26. The summed E-state index contributed by atoms with van der Waals surface area (Å²) in [6.45, 7) is 1.32. The maximum atomic E-state index is 10.9. The van der Waals surface area contributed by atoms with E-state index >= 15 is 0 Å². The first-order valence-corrected chi connectivity index (χ1v) is 8.39. The number of para-hydroxylation sites is 1. The molecule has 1 fully saturated rings. The maximum Gasteiger partial charge on any atom is 0.269 e. The van der Waals surface area contributed by atoms with Crippen LogP contribution in [-0.4, -0.2) is 35.1 Å². The van der Waals surface area contributed by atoms with Crippen molar-refractivity contribution < 1.29 is 14.8 Å². The molecule has 6 nitrogen and oxygen atoms in total. The van der Waals surface area contributed by atoms with Crippen LogP contribution in [0.25, 0.3) is 0 Å². The van der Waals surface area contributed by atoms with E-state index in [0.29, 0.717) is 12.1 Å². The minimum atomic E-state index is -0.768. The number of aliphatic hydroxyl groups is 1. The van der Waals surface area contributed by atoms with Crippen LogP contribution < -0.4 is 4.74 Å². The highest BCUT2D eigenvalue weighted by Gasteiger charge is 2.30. The normalized spacial score (nSPS) is 18.9. The van der Waals surface area contributed by atoms with Crippen LogP contribution in [0.3, 0.4) is 0 Å². The zero-order valence-corrected chi connectivity index (χ0v) is 14.2. The van der Waals surface area contributed by atoms with Gasteiger partial charge in [-0.1, -0.05) is 30.3 Å². The van der Waals surface area contributed by atoms with Crippen molar-refractivity contribution >= 4 is 5.69 Å².